The van der Waals surface area contributed by atoms with Crippen LogP contribution in [0.2, 0.25) is 0 Å². The lowest BCUT2D eigenvalue weighted by Gasteiger charge is -2.11. The van der Waals surface area contributed by atoms with Crippen LogP contribution in [0.4, 0.5) is 36.7 Å². The van der Waals surface area contributed by atoms with Crippen LogP contribution in [0.3, 0.4) is 0 Å². The second kappa shape index (κ2) is 7.12. The van der Waals surface area contributed by atoms with Gasteiger partial charge in [-0.15, -0.1) is 0 Å². The van der Waals surface area contributed by atoms with Crippen LogP contribution in [-0.4, -0.2) is 28.0 Å². The zero-order chi connectivity index (χ0) is 16.9. The lowest BCUT2D eigenvalue weighted by molar-refractivity contribution is -0.137. The lowest BCUT2D eigenvalue weighted by atomic mass is 10.2. The zero-order valence-corrected chi connectivity index (χ0v) is 12.7. The van der Waals surface area contributed by atoms with Gasteiger partial charge in [-0.3, -0.25) is 0 Å². The van der Waals surface area contributed by atoms with Gasteiger partial charge in [-0.25, -0.2) is 0 Å². The number of hydrogen-bond donors (Lipinski definition) is 3. The van der Waals surface area contributed by atoms with Gasteiger partial charge in [0.05, 0.1) is 5.56 Å². The van der Waals surface area contributed by atoms with E-state index >= 15 is 0 Å². The van der Waals surface area contributed by atoms with Crippen molar-refractivity contribution in [3.63, 3.8) is 0 Å². The van der Waals surface area contributed by atoms with Gasteiger partial charge in [-0.1, -0.05) is 6.07 Å². The van der Waals surface area contributed by atoms with E-state index in [1.165, 1.54) is 12.1 Å². The number of aromatic nitrogens is 3. The molecule has 1 aromatic heterocycles. The van der Waals surface area contributed by atoms with Gasteiger partial charge in [-0.05, 0) is 32.0 Å². The van der Waals surface area contributed by atoms with Gasteiger partial charge in [0, 0.05) is 18.8 Å². The van der Waals surface area contributed by atoms with Gasteiger partial charge in [0.1, 0.15) is 0 Å². The maximum absolute atomic E-state index is 12.7. The third-order valence-electron chi connectivity index (χ3n) is 2.75. The summed E-state index contributed by atoms with van der Waals surface area (Å²) in [6.45, 7) is 4.99. The molecular formula is C14H17F3N6. The predicted molar refractivity (Wildman–Crippen MR) is 82.9 cm³/mol. The van der Waals surface area contributed by atoms with Crippen molar-refractivity contribution in [1.29, 1.82) is 0 Å². The van der Waals surface area contributed by atoms with Gasteiger partial charge >= 0.3 is 6.18 Å². The third-order valence-corrected chi connectivity index (χ3v) is 2.75. The van der Waals surface area contributed by atoms with Gasteiger partial charge < -0.3 is 16.0 Å². The summed E-state index contributed by atoms with van der Waals surface area (Å²) in [5.74, 6) is 0.840. The summed E-state index contributed by atoms with van der Waals surface area (Å²) in [6.07, 6.45) is -4.40. The molecule has 0 atom stereocenters. The summed E-state index contributed by atoms with van der Waals surface area (Å²) < 4.78 is 38.2. The van der Waals surface area contributed by atoms with E-state index in [4.69, 9.17) is 0 Å². The Balaban J connectivity index is 2.28. The topological polar surface area (TPSA) is 74.8 Å². The maximum Gasteiger partial charge on any atom is 0.416 e. The van der Waals surface area contributed by atoms with Gasteiger partial charge in [0.2, 0.25) is 17.8 Å². The second-order valence-electron chi connectivity index (χ2n) is 4.57. The molecule has 23 heavy (non-hydrogen) atoms. The molecule has 0 spiro atoms. The summed E-state index contributed by atoms with van der Waals surface area (Å²) in [5.41, 5.74) is -0.494. The first-order chi connectivity index (χ1) is 10.9. The number of nitrogens with one attached hydrogen (secondary N) is 3. The van der Waals surface area contributed by atoms with E-state index in [1.54, 1.807) is 0 Å². The van der Waals surface area contributed by atoms with E-state index in [2.05, 4.69) is 30.9 Å². The molecule has 1 aromatic carbocycles. The Morgan fingerprint density at radius 1 is 0.913 bits per heavy atom. The standard InChI is InChI=1S/C14H17F3N6/c1-3-18-11-21-12(19-4-2)23-13(22-11)20-10-7-5-6-9(8-10)14(15,16)17/h5-8H,3-4H2,1-2H3,(H3,18,19,20,21,22,23). The monoisotopic (exact) mass is 326 g/mol. The Morgan fingerprint density at radius 2 is 1.48 bits per heavy atom. The highest BCUT2D eigenvalue weighted by molar-refractivity contribution is 5.56. The van der Waals surface area contributed by atoms with Crippen LogP contribution in [0.1, 0.15) is 19.4 Å². The van der Waals surface area contributed by atoms with Crippen molar-refractivity contribution in [2.24, 2.45) is 0 Å². The maximum atomic E-state index is 12.7. The molecular weight excluding hydrogens is 309 g/mol. The SMILES string of the molecule is CCNc1nc(NCC)nc(Nc2cccc(C(F)(F)F)c2)n1. The molecule has 9 heteroatoms. The predicted octanol–water partition coefficient (Wildman–Crippen LogP) is 3.50. The first kappa shape index (κ1) is 16.8. The van der Waals surface area contributed by atoms with Gasteiger partial charge in [0.15, 0.2) is 0 Å². The molecule has 0 aliphatic carbocycles. The van der Waals surface area contributed by atoms with Crippen LogP contribution in [0.5, 0.6) is 0 Å². The minimum absolute atomic E-state index is 0.159. The third kappa shape index (κ3) is 4.70. The number of hydrogen-bond acceptors (Lipinski definition) is 6. The average molecular weight is 326 g/mol. The first-order valence-corrected chi connectivity index (χ1v) is 7.10. The van der Waals surface area contributed by atoms with Gasteiger partial charge in [-0.2, -0.15) is 28.1 Å². The Kier molecular flexibility index (Phi) is 5.20. The normalized spacial score (nSPS) is 11.2. The summed E-state index contributed by atoms with van der Waals surface area (Å²) in [6, 6.07) is 4.85. The smallest absolute Gasteiger partial charge is 0.354 e. The molecule has 6 nitrogen and oxygen atoms in total. The molecule has 0 amide bonds. The van der Waals surface area contributed by atoms with Crippen molar-refractivity contribution >= 4 is 23.5 Å². The van der Waals surface area contributed by atoms with Crippen LogP contribution in [0, 0.1) is 0 Å². The Morgan fingerprint density at radius 3 is 2.00 bits per heavy atom. The molecule has 124 valence electrons. The molecule has 1 heterocycles. The number of alkyl halides is 3. The summed E-state index contributed by atoms with van der Waals surface area (Å²) >= 11 is 0. The Labute approximate surface area is 131 Å². The lowest BCUT2D eigenvalue weighted by Crippen LogP contribution is -2.11. The van der Waals surface area contributed by atoms with E-state index in [-0.39, 0.29) is 11.6 Å². The molecule has 3 N–H and O–H groups in total. The van der Waals surface area contributed by atoms with Crippen molar-refractivity contribution in [2.45, 2.75) is 20.0 Å². The van der Waals surface area contributed by atoms with Crippen LogP contribution in [0.15, 0.2) is 24.3 Å². The molecule has 0 fully saturated rings. The van der Waals surface area contributed by atoms with Crippen molar-refractivity contribution in [3.8, 4) is 0 Å². The molecule has 0 saturated carbocycles. The number of rotatable bonds is 6. The highest BCUT2D eigenvalue weighted by Gasteiger charge is 2.30. The second-order valence-corrected chi connectivity index (χ2v) is 4.57. The Bertz CT molecular complexity index is 635. The molecule has 0 saturated heterocycles. The highest BCUT2D eigenvalue weighted by atomic mass is 19.4. The van der Waals surface area contributed by atoms with Crippen LogP contribution in [-0.2, 0) is 6.18 Å². The molecule has 0 bridgehead atoms. The van der Waals surface area contributed by atoms with E-state index in [1.807, 2.05) is 13.8 Å². The molecule has 0 radical (unpaired) electrons. The van der Waals surface area contributed by atoms with Crippen molar-refractivity contribution in [3.05, 3.63) is 29.8 Å². The summed E-state index contributed by atoms with van der Waals surface area (Å²) in [4.78, 5) is 12.4. The number of anilines is 4. The number of nitrogens with zero attached hydrogens (tertiary/aromatic N) is 3. The largest absolute Gasteiger partial charge is 0.416 e. The van der Waals surface area contributed by atoms with Crippen LogP contribution >= 0.6 is 0 Å². The van der Waals surface area contributed by atoms with Crippen LogP contribution in [0.25, 0.3) is 0 Å². The minimum Gasteiger partial charge on any atom is -0.354 e. The molecule has 2 rings (SSSR count). The fourth-order valence-electron chi connectivity index (χ4n) is 1.81. The van der Waals surface area contributed by atoms with Crippen molar-refractivity contribution < 1.29 is 13.2 Å². The highest BCUT2D eigenvalue weighted by Crippen LogP contribution is 2.31. The first-order valence-electron chi connectivity index (χ1n) is 7.10. The quantitative estimate of drug-likeness (QED) is 0.754. The zero-order valence-electron chi connectivity index (χ0n) is 12.7. The molecule has 0 unspecified atom stereocenters. The summed E-state index contributed by atoms with van der Waals surface area (Å²) in [5, 5.41) is 8.66. The van der Waals surface area contributed by atoms with E-state index in [0.717, 1.165) is 12.1 Å². The van der Waals surface area contributed by atoms with Crippen LogP contribution < -0.4 is 16.0 Å². The molecule has 0 aliphatic rings. The molecule has 0 aliphatic heterocycles. The van der Waals surface area contributed by atoms with Gasteiger partial charge in [0.25, 0.3) is 0 Å². The van der Waals surface area contributed by atoms with E-state index in [0.29, 0.717) is 25.0 Å². The average Bonchev–Trinajstić information content (AvgIpc) is 2.47. The minimum atomic E-state index is -4.40. The fraction of sp³-hybridized carbons (Fsp3) is 0.357. The van der Waals surface area contributed by atoms with E-state index in [9.17, 15) is 13.2 Å². The Hall–Kier alpha value is -2.58. The number of benzene rings is 1. The van der Waals surface area contributed by atoms with Crippen molar-refractivity contribution in [2.75, 3.05) is 29.0 Å². The van der Waals surface area contributed by atoms with E-state index < -0.39 is 11.7 Å². The van der Waals surface area contributed by atoms with Crippen molar-refractivity contribution in [1.82, 2.24) is 15.0 Å². The summed E-state index contributed by atoms with van der Waals surface area (Å²) in [7, 11) is 0. The molecule has 2 aromatic rings. The fourth-order valence-corrected chi connectivity index (χ4v) is 1.81. The number of halogens is 3.